The first-order chi connectivity index (χ1) is 9.99. The summed E-state index contributed by atoms with van der Waals surface area (Å²) >= 11 is 0. The highest BCUT2D eigenvalue weighted by Gasteiger charge is 2.28. The van der Waals surface area contributed by atoms with Crippen LogP contribution in [-0.4, -0.2) is 66.9 Å². The molecule has 6 nitrogen and oxygen atoms in total. The minimum atomic E-state index is -0.419. The summed E-state index contributed by atoms with van der Waals surface area (Å²) in [6.07, 6.45) is 2.56. The third kappa shape index (κ3) is 5.47. The van der Waals surface area contributed by atoms with Gasteiger partial charge in [-0.1, -0.05) is 26.3 Å². The smallest absolute Gasteiger partial charge is 0.239 e. The maximum atomic E-state index is 12.3. The zero-order valence-corrected chi connectivity index (χ0v) is 13.2. The Labute approximate surface area is 127 Å². The molecule has 1 rings (SSSR count). The fourth-order valence-corrected chi connectivity index (χ4v) is 2.28. The van der Waals surface area contributed by atoms with Gasteiger partial charge in [0.25, 0.3) is 0 Å². The summed E-state index contributed by atoms with van der Waals surface area (Å²) in [5.41, 5.74) is 5.99. The van der Waals surface area contributed by atoms with E-state index in [1.54, 1.807) is 6.08 Å². The lowest BCUT2D eigenvalue weighted by Crippen LogP contribution is -2.55. The molecule has 0 aromatic carbocycles. The van der Waals surface area contributed by atoms with Crippen LogP contribution in [0.2, 0.25) is 0 Å². The van der Waals surface area contributed by atoms with E-state index in [1.807, 2.05) is 18.7 Å². The average Bonchev–Trinajstić information content (AvgIpc) is 2.51. The maximum Gasteiger partial charge on any atom is 0.239 e. The summed E-state index contributed by atoms with van der Waals surface area (Å²) in [6, 6.07) is -0.419. The predicted octanol–water partition coefficient (Wildman–Crippen LogP) is -0.194. The SMILES string of the molecule is C=CCNC(=O)CN1CCN(C(=O)C(N)C(C)CC)CC1. The van der Waals surface area contributed by atoms with Crippen LogP contribution in [0.15, 0.2) is 12.7 Å². The van der Waals surface area contributed by atoms with E-state index >= 15 is 0 Å². The van der Waals surface area contributed by atoms with Crippen LogP contribution in [0.25, 0.3) is 0 Å². The molecule has 0 saturated carbocycles. The lowest BCUT2D eigenvalue weighted by Gasteiger charge is -2.36. The fraction of sp³-hybridized carbons (Fsp3) is 0.733. The number of nitrogens with one attached hydrogen (secondary N) is 1. The second kappa shape index (κ2) is 8.79. The standard InChI is InChI=1S/C15H28N4O2/c1-4-6-17-13(20)11-18-7-9-19(10-8-18)15(21)14(16)12(3)5-2/h4,12,14H,1,5-11,16H2,2-3H3,(H,17,20). The van der Waals surface area contributed by atoms with Gasteiger partial charge in [0.1, 0.15) is 0 Å². The van der Waals surface area contributed by atoms with Gasteiger partial charge in [-0.2, -0.15) is 0 Å². The summed E-state index contributed by atoms with van der Waals surface area (Å²) < 4.78 is 0. The molecule has 6 heteroatoms. The normalized spacial score (nSPS) is 18.9. The number of piperazine rings is 1. The van der Waals surface area contributed by atoms with E-state index in [4.69, 9.17) is 5.73 Å². The largest absolute Gasteiger partial charge is 0.352 e. The van der Waals surface area contributed by atoms with E-state index in [0.29, 0.717) is 39.3 Å². The predicted molar refractivity (Wildman–Crippen MR) is 83.7 cm³/mol. The van der Waals surface area contributed by atoms with Crippen molar-refractivity contribution in [1.82, 2.24) is 15.1 Å². The van der Waals surface area contributed by atoms with Crippen LogP contribution >= 0.6 is 0 Å². The van der Waals surface area contributed by atoms with Crippen LogP contribution in [0.3, 0.4) is 0 Å². The van der Waals surface area contributed by atoms with Crippen molar-refractivity contribution in [2.45, 2.75) is 26.3 Å². The van der Waals surface area contributed by atoms with Crippen LogP contribution in [0.5, 0.6) is 0 Å². The summed E-state index contributed by atoms with van der Waals surface area (Å²) in [4.78, 5) is 27.7. The fourth-order valence-electron chi connectivity index (χ4n) is 2.28. The molecule has 2 unspecified atom stereocenters. The number of carbonyl (C=O) groups is 2. The van der Waals surface area contributed by atoms with Crippen molar-refractivity contribution < 1.29 is 9.59 Å². The molecule has 0 aromatic rings. The van der Waals surface area contributed by atoms with Gasteiger partial charge in [0.15, 0.2) is 0 Å². The van der Waals surface area contributed by atoms with Crippen LogP contribution in [0, 0.1) is 5.92 Å². The molecule has 1 fully saturated rings. The topological polar surface area (TPSA) is 78.7 Å². The highest BCUT2D eigenvalue weighted by molar-refractivity contribution is 5.82. The Hall–Kier alpha value is -1.40. The number of rotatable bonds is 7. The molecule has 1 saturated heterocycles. The molecule has 1 aliphatic rings. The molecule has 0 aliphatic carbocycles. The molecule has 0 bridgehead atoms. The molecule has 2 atom stereocenters. The van der Waals surface area contributed by atoms with E-state index < -0.39 is 6.04 Å². The molecule has 1 heterocycles. The first-order valence-electron chi connectivity index (χ1n) is 7.63. The van der Waals surface area contributed by atoms with Crippen molar-refractivity contribution in [1.29, 1.82) is 0 Å². The quantitative estimate of drug-likeness (QED) is 0.638. The number of carbonyl (C=O) groups excluding carboxylic acids is 2. The van der Waals surface area contributed by atoms with Gasteiger partial charge >= 0.3 is 0 Å². The van der Waals surface area contributed by atoms with Crippen molar-refractivity contribution in [3.05, 3.63) is 12.7 Å². The van der Waals surface area contributed by atoms with Gasteiger partial charge in [0.2, 0.25) is 11.8 Å². The van der Waals surface area contributed by atoms with Crippen LogP contribution in [0.4, 0.5) is 0 Å². The average molecular weight is 296 g/mol. The summed E-state index contributed by atoms with van der Waals surface area (Å²) in [5, 5.41) is 2.76. The Morgan fingerprint density at radius 3 is 2.48 bits per heavy atom. The molecular formula is C15H28N4O2. The van der Waals surface area contributed by atoms with Gasteiger partial charge in [0, 0.05) is 32.7 Å². The van der Waals surface area contributed by atoms with Crippen LogP contribution in [-0.2, 0) is 9.59 Å². The van der Waals surface area contributed by atoms with Crippen molar-refractivity contribution in [2.75, 3.05) is 39.3 Å². The van der Waals surface area contributed by atoms with Gasteiger partial charge in [0.05, 0.1) is 12.6 Å². The van der Waals surface area contributed by atoms with Crippen molar-refractivity contribution in [2.24, 2.45) is 11.7 Å². The molecule has 1 aliphatic heterocycles. The first-order valence-corrected chi connectivity index (χ1v) is 7.63. The molecular weight excluding hydrogens is 268 g/mol. The zero-order valence-electron chi connectivity index (χ0n) is 13.2. The number of nitrogens with two attached hydrogens (primary N) is 1. The first kappa shape index (κ1) is 17.7. The summed E-state index contributed by atoms with van der Waals surface area (Å²) in [5.74, 6) is 0.214. The van der Waals surface area contributed by atoms with Gasteiger partial charge in [-0.25, -0.2) is 0 Å². The lowest BCUT2D eigenvalue weighted by atomic mass is 9.98. The molecule has 120 valence electrons. The minimum Gasteiger partial charge on any atom is -0.352 e. The van der Waals surface area contributed by atoms with Crippen LogP contribution < -0.4 is 11.1 Å². The van der Waals surface area contributed by atoms with Gasteiger partial charge in [-0.3, -0.25) is 14.5 Å². The second-order valence-corrected chi connectivity index (χ2v) is 5.61. The molecule has 0 spiro atoms. The molecule has 0 aromatic heterocycles. The minimum absolute atomic E-state index is 0.00835. The van der Waals surface area contributed by atoms with Gasteiger partial charge < -0.3 is 16.0 Å². The van der Waals surface area contributed by atoms with Crippen molar-refractivity contribution >= 4 is 11.8 Å². The maximum absolute atomic E-state index is 12.3. The number of amides is 2. The second-order valence-electron chi connectivity index (χ2n) is 5.61. The van der Waals surface area contributed by atoms with Crippen molar-refractivity contribution in [3.8, 4) is 0 Å². The number of nitrogens with zero attached hydrogens (tertiary/aromatic N) is 2. The lowest BCUT2D eigenvalue weighted by molar-refractivity contribution is -0.135. The monoisotopic (exact) mass is 296 g/mol. The summed E-state index contributed by atoms with van der Waals surface area (Å²) in [7, 11) is 0. The molecule has 3 N–H and O–H groups in total. The Bertz CT molecular complexity index is 365. The van der Waals surface area contributed by atoms with E-state index in [2.05, 4.69) is 16.8 Å². The van der Waals surface area contributed by atoms with Crippen molar-refractivity contribution in [3.63, 3.8) is 0 Å². The Morgan fingerprint density at radius 1 is 1.33 bits per heavy atom. The third-order valence-corrected chi connectivity index (χ3v) is 4.04. The van der Waals surface area contributed by atoms with Crippen LogP contribution in [0.1, 0.15) is 20.3 Å². The Kier molecular flexibility index (Phi) is 7.39. The van der Waals surface area contributed by atoms with Gasteiger partial charge in [-0.05, 0) is 5.92 Å². The zero-order chi connectivity index (χ0) is 15.8. The van der Waals surface area contributed by atoms with E-state index in [1.165, 1.54) is 0 Å². The number of hydrogen-bond donors (Lipinski definition) is 2. The highest BCUT2D eigenvalue weighted by Crippen LogP contribution is 2.10. The molecule has 2 amide bonds. The molecule has 0 radical (unpaired) electrons. The molecule has 21 heavy (non-hydrogen) atoms. The Balaban J connectivity index is 2.36. The highest BCUT2D eigenvalue weighted by atomic mass is 16.2. The van der Waals surface area contributed by atoms with Gasteiger partial charge in [-0.15, -0.1) is 6.58 Å². The van der Waals surface area contributed by atoms with E-state index in [9.17, 15) is 9.59 Å². The summed E-state index contributed by atoms with van der Waals surface area (Å²) in [6.45, 7) is 11.2. The third-order valence-electron chi connectivity index (χ3n) is 4.04. The Morgan fingerprint density at radius 2 is 1.95 bits per heavy atom. The van der Waals surface area contributed by atoms with E-state index in [-0.39, 0.29) is 17.7 Å². The van der Waals surface area contributed by atoms with E-state index in [0.717, 1.165) is 6.42 Å². The number of hydrogen-bond acceptors (Lipinski definition) is 4.